The number of anilines is 1. The number of amides is 1. The topological polar surface area (TPSA) is 128 Å². The predicted octanol–water partition coefficient (Wildman–Crippen LogP) is 1.05. The molecule has 0 atom stereocenters. The van der Waals surface area contributed by atoms with Crippen LogP contribution in [0.25, 0.3) is 11.0 Å². The molecular weight excluding hydrogens is 426 g/mol. The third-order valence-electron chi connectivity index (χ3n) is 5.86. The number of nitrogens with zero attached hydrogens (tertiary/aromatic N) is 5. The number of methoxy groups -OCH3 is 1. The number of hydrogen-bond acceptors (Lipinski definition) is 9. The fraction of sp³-hybridized carbons (Fsp3) is 0.364. The van der Waals surface area contributed by atoms with Gasteiger partial charge < -0.3 is 29.8 Å². The lowest BCUT2D eigenvalue weighted by molar-refractivity contribution is -0.123. The molecule has 11 heteroatoms. The van der Waals surface area contributed by atoms with Gasteiger partial charge in [-0.2, -0.15) is 0 Å². The van der Waals surface area contributed by atoms with Crippen LogP contribution < -0.4 is 19.7 Å². The number of fused-ring (bicyclic) bond motifs is 7. The molecular formula is C22H25N7O4. The molecule has 2 aromatic heterocycles. The van der Waals surface area contributed by atoms with Gasteiger partial charge in [-0.15, -0.1) is 0 Å². The lowest BCUT2D eigenvalue weighted by Gasteiger charge is -2.35. The summed E-state index contributed by atoms with van der Waals surface area (Å²) in [6, 6.07) is 5.18. The van der Waals surface area contributed by atoms with Gasteiger partial charge in [0.05, 0.1) is 23.7 Å². The summed E-state index contributed by atoms with van der Waals surface area (Å²) in [6.45, 7) is 4.37. The van der Waals surface area contributed by atoms with Crippen molar-refractivity contribution in [2.45, 2.75) is 0 Å². The molecule has 3 N–H and O–H groups in total. The number of ether oxygens (including phenoxy) is 2. The fourth-order valence-corrected chi connectivity index (χ4v) is 4.11. The second-order valence-electron chi connectivity index (χ2n) is 7.87. The number of hydrogen-bond donors (Lipinski definition) is 3. The molecule has 3 aromatic rings. The highest BCUT2D eigenvalue weighted by Gasteiger charge is 2.23. The monoisotopic (exact) mass is 451 g/mol. The van der Waals surface area contributed by atoms with Gasteiger partial charge in [-0.1, -0.05) is 0 Å². The standard InChI is InChI=1S/C22H25N7O4/c1-32-16-3-2-14-10-17(16)33-12-18(30)23-4-5-28-6-8-29(9-7-28)21-19-15(11-24-14)22(31)27-20(19)25-13-26-21/h2-3,10-11,13,31H,4-9,12H2,1H3,(H,23,30)(H,25,26,27). The molecule has 0 unspecified atom stereocenters. The fourth-order valence-electron chi connectivity index (χ4n) is 4.11. The van der Waals surface area contributed by atoms with E-state index in [0.29, 0.717) is 34.9 Å². The van der Waals surface area contributed by atoms with Gasteiger partial charge >= 0.3 is 0 Å². The van der Waals surface area contributed by atoms with Crippen molar-refractivity contribution in [1.82, 2.24) is 25.2 Å². The molecule has 3 aliphatic rings. The Morgan fingerprint density at radius 1 is 1.15 bits per heavy atom. The number of H-pyrrole nitrogens is 1. The van der Waals surface area contributed by atoms with Crippen LogP contribution in [0.5, 0.6) is 17.4 Å². The zero-order valence-electron chi connectivity index (χ0n) is 18.2. The van der Waals surface area contributed by atoms with Crippen molar-refractivity contribution >= 4 is 34.7 Å². The van der Waals surface area contributed by atoms with Gasteiger partial charge in [0.15, 0.2) is 24.0 Å². The van der Waals surface area contributed by atoms with Gasteiger partial charge in [0.2, 0.25) is 0 Å². The van der Waals surface area contributed by atoms with Crippen LogP contribution in [0.3, 0.4) is 0 Å². The number of piperazine rings is 1. The van der Waals surface area contributed by atoms with Gasteiger partial charge in [0.25, 0.3) is 5.91 Å². The number of aromatic hydroxyl groups is 1. The van der Waals surface area contributed by atoms with Crippen molar-refractivity contribution in [3.63, 3.8) is 0 Å². The van der Waals surface area contributed by atoms with E-state index in [2.05, 4.69) is 35.1 Å². The van der Waals surface area contributed by atoms with Crippen molar-refractivity contribution in [3.8, 4) is 17.4 Å². The Morgan fingerprint density at radius 3 is 2.82 bits per heavy atom. The van der Waals surface area contributed by atoms with Crippen LogP contribution in [0.15, 0.2) is 29.5 Å². The van der Waals surface area contributed by atoms with Crippen molar-refractivity contribution in [2.24, 2.45) is 4.99 Å². The van der Waals surface area contributed by atoms with Crippen LogP contribution in [0.1, 0.15) is 5.56 Å². The first-order chi connectivity index (χ1) is 16.1. The minimum atomic E-state index is -0.198. The zero-order valence-corrected chi connectivity index (χ0v) is 18.2. The molecule has 0 spiro atoms. The Balaban J connectivity index is 1.57. The van der Waals surface area contributed by atoms with E-state index < -0.39 is 0 Å². The van der Waals surface area contributed by atoms with E-state index in [4.69, 9.17) is 9.47 Å². The maximum atomic E-state index is 12.2. The van der Waals surface area contributed by atoms with Gasteiger partial charge in [-0.05, 0) is 12.1 Å². The van der Waals surface area contributed by atoms with E-state index in [0.717, 1.165) is 43.9 Å². The van der Waals surface area contributed by atoms with E-state index in [1.54, 1.807) is 24.4 Å². The molecule has 4 bridgehead atoms. The van der Waals surface area contributed by atoms with Crippen molar-refractivity contribution in [3.05, 3.63) is 30.1 Å². The number of aromatic nitrogens is 3. The highest BCUT2D eigenvalue weighted by Crippen LogP contribution is 2.34. The van der Waals surface area contributed by atoms with Gasteiger partial charge in [0, 0.05) is 51.5 Å². The Kier molecular flexibility index (Phi) is 5.69. The van der Waals surface area contributed by atoms with E-state index in [-0.39, 0.29) is 18.4 Å². The van der Waals surface area contributed by atoms with Crippen LogP contribution in [-0.2, 0) is 4.79 Å². The van der Waals surface area contributed by atoms with Crippen LogP contribution in [0.2, 0.25) is 0 Å². The summed E-state index contributed by atoms with van der Waals surface area (Å²) >= 11 is 0. The van der Waals surface area contributed by atoms with Gasteiger partial charge in [-0.3, -0.25) is 14.7 Å². The van der Waals surface area contributed by atoms with E-state index in [1.807, 2.05) is 0 Å². The van der Waals surface area contributed by atoms with Crippen LogP contribution >= 0.6 is 0 Å². The molecule has 33 heavy (non-hydrogen) atoms. The minimum absolute atomic E-state index is 0.0230. The average molecular weight is 451 g/mol. The zero-order chi connectivity index (χ0) is 22.8. The third kappa shape index (κ3) is 4.27. The maximum Gasteiger partial charge on any atom is 0.257 e. The third-order valence-corrected chi connectivity index (χ3v) is 5.86. The first-order valence-electron chi connectivity index (χ1n) is 10.8. The number of benzene rings is 1. The first-order valence-corrected chi connectivity index (χ1v) is 10.8. The summed E-state index contributed by atoms with van der Waals surface area (Å²) in [4.78, 5) is 33.0. The Labute approximate surface area is 190 Å². The van der Waals surface area contributed by atoms with Gasteiger partial charge in [-0.25, -0.2) is 9.97 Å². The van der Waals surface area contributed by atoms with Crippen LogP contribution in [-0.4, -0.2) is 90.1 Å². The molecule has 0 radical (unpaired) electrons. The maximum absolute atomic E-state index is 12.2. The molecule has 1 saturated heterocycles. The lowest BCUT2D eigenvalue weighted by Crippen LogP contribution is -2.49. The number of carbonyl (C=O) groups excluding carboxylic acids is 1. The summed E-state index contributed by atoms with van der Waals surface area (Å²) in [5.74, 6) is 1.44. The molecule has 5 heterocycles. The molecule has 3 aliphatic heterocycles. The molecule has 1 amide bonds. The smallest absolute Gasteiger partial charge is 0.257 e. The number of rotatable bonds is 1. The van der Waals surface area contributed by atoms with Crippen LogP contribution in [0, 0.1) is 0 Å². The molecule has 1 aromatic carbocycles. The van der Waals surface area contributed by atoms with E-state index in [9.17, 15) is 9.90 Å². The Morgan fingerprint density at radius 2 is 2.00 bits per heavy atom. The number of nitrogens with one attached hydrogen (secondary N) is 2. The molecule has 1 fully saturated rings. The highest BCUT2D eigenvalue weighted by molar-refractivity contribution is 6.06. The number of carbonyl (C=O) groups is 1. The Bertz CT molecular complexity index is 1200. The SMILES string of the molecule is COc1ccc2cc1OCC(=O)NCCN1CCN(CC1)c1ncnc3[nH]c(O)c(c13)C=N2. The van der Waals surface area contributed by atoms with Crippen LogP contribution in [0.4, 0.5) is 11.5 Å². The summed E-state index contributed by atoms with van der Waals surface area (Å²) in [5.41, 5.74) is 1.65. The summed E-state index contributed by atoms with van der Waals surface area (Å²) in [5, 5.41) is 14.2. The molecule has 0 aliphatic carbocycles. The number of aromatic amines is 1. The normalized spacial score (nSPS) is 17.4. The van der Waals surface area contributed by atoms with Gasteiger partial charge in [0.1, 0.15) is 17.8 Å². The first kappa shape index (κ1) is 21.0. The van der Waals surface area contributed by atoms with Crippen molar-refractivity contribution < 1.29 is 19.4 Å². The lowest BCUT2D eigenvalue weighted by atomic mass is 10.2. The molecule has 11 nitrogen and oxygen atoms in total. The largest absolute Gasteiger partial charge is 0.494 e. The summed E-state index contributed by atoms with van der Waals surface area (Å²) in [6.07, 6.45) is 3.08. The quantitative estimate of drug-likeness (QED) is 0.501. The number of aliphatic imine (C=N–C) groups is 1. The molecule has 6 rings (SSSR count). The second-order valence-corrected chi connectivity index (χ2v) is 7.87. The average Bonchev–Trinajstić information content (AvgIpc) is 3.16. The highest BCUT2D eigenvalue weighted by atomic mass is 16.5. The minimum Gasteiger partial charge on any atom is -0.494 e. The Hall–Kier alpha value is -3.86. The molecule has 172 valence electrons. The van der Waals surface area contributed by atoms with Crippen molar-refractivity contribution in [2.75, 3.05) is 57.9 Å². The van der Waals surface area contributed by atoms with Crippen molar-refractivity contribution in [1.29, 1.82) is 0 Å². The van der Waals surface area contributed by atoms with E-state index in [1.165, 1.54) is 13.4 Å². The summed E-state index contributed by atoms with van der Waals surface area (Å²) < 4.78 is 11.1. The predicted molar refractivity (Wildman–Crippen MR) is 123 cm³/mol. The molecule has 0 saturated carbocycles. The second kappa shape index (κ2) is 8.94. The summed E-state index contributed by atoms with van der Waals surface area (Å²) in [7, 11) is 1.54. The van der Waals surface area contributed by atoms with E-state index >= 15 is 0 Å².